The summed E-state index contributed by atoms with van der Waals surface area (Å²) in [5.41, 5.74) is -1.07. The molecule has 0 amide bonds. The third-order valence-electron chi connectivity index (χ3n) is 2.09. The first-order valence-electron chi connectivity index (χ1n) is 4.88. The van der Waals surface area contributed by atoms with Crippen molar-refractivity contribution >= 4 is 17.3 Å². The minimum Gasteiger partial charge on any atom is -0.433 e. The maximum atomic E-state index is 13.5. The smallest absolute Gasteiger partial charge is 0.307 e. The molecule has 0 spiro atoms. The van der Waals surface area contributed by atoms with E-state index in [0.29, 0.717) is 18.3 Å². The molecule has 1 aromatic heterocycles. The van der Waals surface area contributed by atoms with Crippen molar-refractivity contribution < 1.29 is 22.8 Å². The number of benzene rings is 1. The number of ether oxygens (including phenoxy) is 1. The Bertz CT molecular complexity index is 699. The van der Waals surface area contributed by atoms with Crippen molar-refractivity contribution in [2.45, 2.75) is 0 Å². The molecule has 0 radical (unpaired) electrons. The van der Waals surface area contributed by atoms with E-state index in [0.717, 1.165) is 0 Å². The summed E-state index contributed by atoms with van der Waals surface area (Å²) < 4.78 is 44.8. The van der Waals surface area contributed by atoms with E-state index < -0.39 is 39.7 Å². The summed E-state index contributed by atoms with van der Waals surface area (Å²) >= 11 is 5.39. The Hall–Kier alpha value is -2.42. The fourth-order valence-electron chi connectivity index (χ4n) is 1.24. The summed E-state index contributed by atoms with van der Waals surface area (Å²) in [6.45, 7) is 0. The van der Waals surface area contributed by atoms with E-state index in [2.05, 4.69) is 14.7 Å². The van der Waals surface area contributed by atoms with Gasteiger partial charge in [-0.3, -0.25) is 10.1 Å². The molecular weight excluding hydrogens is 303 g/mol. The molecule has 104 valence electrons. The van der Waals surface area contributed by atoms with Crippen molar-refractivity contribution in [3.05, 3.63) is 51.2 Å². The highest BCUT2D eigenvalue weighted by Crippen LogP contribution is 2.30. The Balaban J connectivity index is 2.42. The lowest BCUT2D eigenvalue weighted by Crippen LogP contribution is -1.99. The Morgan fingerprint density at radius 1 is 1.20 bits per heavy atom. The van der Waals surface area contributed by atoms with Crippen LogP contribution in [-0.2, 0) is 0 Å². The summed E-state index contributed by atoms with van der Waals surface area (Å²) in [7, 11) is 0. The van der Waals surface area contributed by atoms with Crippen LogP contribution in [0.4, 0.5) is 18.9 Å². The molecule has 0 fully saturated rings. The van der Waals surface area contributed by atoms with Gasteiger partial charge in [0.2, 0.25) is 16.9 Å². The number of nitro benzene ring substituents is 1. The van der Waals surface area contributed by atoms with Gasteiger partial charge in [0.05, 0.1) is 17.2 Å². The van der Waals surface area contributed by atoms with Crippen molar-refractivity contribution in [3.63, 3.8) is 0 Å². The van der Waals surface area contributed by atoms with E-state index in [4.69, 9.17) is 11.6 Å². The van der Waals surface area contributed by atoms with E-state index >= 15 is 0 Å². The van der Waals surface area contributed by atoms with Gasteiger partial charge < -0.3 is 4.74 Å². The first kappa shape index (κ1) is 14.0. The van der Waals surface area contributed by atoms with Crippen molar-refractivity contribution in [2.24, 2.45) is 0 Å². The predicted molar refractivity (Wildman–Crippen MR) is 60.1 cm³/mol. The number of aromatic nitrogens is 2. The number of hydrogen-bond acceptors (Lipinski definition) is 5. The normalized spacial score (nSPS) is 10.4. The largest absolute Gasteiger partial charge is 0.433 e. The number of nitro groups is 1. The lowest BCUT2D eigenvalue weighted by molar-refractivity contribution is -0.387. The molecule has 0 atom stereocenters. The fourth-order valence-corrected chi connectivity index (χ4v) is 1.37. The van der Waals surface area contributed by atoms with E-state index in [1.165, 1.54) is 0 Å². The van der Waals surface area contributed by atoms with Crippen LogP contribution < -0.4 is 4.74 Å². The van der Waals surface area contributed by atoms with E-state index in [1.807, 2.05) is 0 Å². The van der Waals surface area contributed by atoms with Crippen molar-refractivity contribution in [1.29, 1.82) is 0 Å². The SMILES string of the molecule is O=[N+]([O-])c1cc(F)c(Oc2nc(Cl)ncc2F)cc1F. The van der Waals surface area contributed by atoms with Crippen LogP contribution in [0.15, 0.2) is 18.3 Å². The van der Waals surface area contributed by atoms with Gasteiger partial charge in [-0.2, -0.15) is 13.8 Å². The van der Waals surface area contributed by atoms with Crippen LogP contribution in [0.5, 0.6) is 11.6 Å². The molecule has 2 rings (SSSR count). The third kappa shape index (κ3) is 2.77. The minimum atomic E-state index is -1.34. The van der Waals surface area contributed by atoms with Crippen LogP contribution >= 0.6 is 11.6 Å². The van der Waals surface area contributed by atoms with E-state index in [9.17, 15) is 23.3 Å². The zero-order valence-electron chi connectivity index (χ0n) is 9.31. The molecule has 0 aliphatic carbocycles. The molecule has 1 aromatic carbocycles. The molecule has 0 bridgehead atoms. The van der Waals surface area contributed by atoms with Gasteiger partial charge in [-0.15, -0.1) is 0 Å². The van der Waals surface area contributed by atoms with Crippen LogP contribution in [-0.4, -0.2) is 14.9 Å². The first-order chi connectivity index (χ1) is 9.38. The molecule has 6 nitrogen and oxygen atoms in total. The molecule has 2 aromatic rings. The minimum absolute atomic E-state index is 0.311. The maximum absolute atomic E-state index is 13.5. The van der Waals surface area contributed by atoms with Crippen molar-refractivity contribution in [3.8, 4) is 11.6 Å². The van der Waals surface area contributed by atoms with Gasteiger partial charge in [0.15, 0.2) is 11.6 Å². The second-order valence-corrected chi connectivity index (χ2v) is 3.72. The number of rotatable bonds is 3. The number of halogens is 4. The van der Waals surface area contributed by atoms with Gasteiger partial charge >= 0.3 is 5.69 Å². The highest BCUT2D eigenvalue weighted by Gasteiger charge is 2.21. The zero-order valence-corrected chi connectivity index (χ0v) is 10.1. The van der Waals surface area contributed by atoms with Gasteiger partial charge in [-0.05, 0) is 11.6 Å². The highest BCUT2D eigenvalue weighted by atomic mass is 35.5. The van der Waals surface area contributed by atoms with E-state index in [-0.39, 0.29) is 5.28 Å². The Morgan fingerprint density at radius 3 is 2.55 bits per heavy atom. The lowest BCUT2D eigenvalue weighted by atomic mass is 10.3. The summed E-state index contributed by atoms with van der Waals surface area (Å²) in [5, 5.41) is 10.0. The molecule has 20 heavy (non-hydrogen) atoms. The van der Waals surface area contributed by atoms with Crippen LogP contribution in [0.2, 0.25) is 5.28 Å². The molecule has 0 saturated carbocycles. The molecule has 0 N–H and O–H groups in total. The topological polar surface area (TPSA) is 78.2 Å². The molecule has 1 heterocycles. The van der Waals surface area contributed by atoms with Crippen LogP contribution in [0.1, 0.15) is 0 Å². The Morgan fingerprint density at radius 2 is 1.90 bits per heavy atom. The quantitative estimate of drug-likeness (QED) is 0.494. The average molecular weight is 306 g/mol. The average Bonchev–Trinajstić information content (AvgIpc) is 2.37. The van der Waals surface area contributed by atoms with Gasteiger partial charge in [0.25, 0.3) is 5.88 Å². The molecule has 0 aliphatic rings. The second kappa shape index (κ2) is 5.29. The molecular formula is C10H3ClF3N3O3. The molecule has 0 unspecified atom stereocenters. The van der Waals surface area contributed by atoms with E-state index in [1.54, 1.807) is 0 Å². The van der Waals surface area contributed by atoms with Crippen molar-refractivity contribution in [2.75, 3.05) is 0 Å². The standard InChI is InChI=1S/C10H3ClF3N3O3/c11-10-15-3-6(14)9(16-10)20-8-2-4(12)7(17(18)19)1-5(8)13/h1-3H. The Kier molecular flexibility index (Phi) is 3.70. The molecule has 0 saturated heterocycles. The fraction of sp³-hybridized carbons (Fsp3) is 0. The van der Waals surface area contributed by atoms with Crippen LogP contribution in [0.3, 0.4) is 0 Å². The van der Waals surface area contributed by atoms with Gasteiger partial charge in [0, 0.05) is 6.07 Å². The van der Waals surface area contributed by atoms with Gasteiger partial charge in [0.1, 0.15) is 0 Å². The summed E-state index contributed by atoms with van der Waals surface area (Å²) in [4.78, 5) is 15.9. The Labute approximate surface area is 113 Å². The maximum Gasteiger partial charge on any atom is 0.307 e. The van der Waals surface area contributed by atoms with Gasteiger partial charge in [-0.1, -0.05) is 0 Å². The number of hydrogen-bond donors (Lipinski definition) is 0. The van der Waals surface area contributed by atoms with Crippen LogP contribution in [0, 0.1) is 27.6 Å². The predicted octanol–water partition coefficient (Wildman–Crippen LogP) is 3.25. The molecule has 0 aliphatic heterocycles. The summed E-state index contributed by atoms with van der Waals surface area (Å²) in [5.74, 6) is -5.18. The first-order valence-corrected chi connectivity index (χ1v) is 5.25. The second-order valence-electron chi connectivity index (χ2n) is 3.39. The monoisotopic (exact) mass is 305 g/mol. The third-order valence-corrected chi connectivity index (χ3v) is 2.27. The van der Waals surface area contributed by atoms with Gasteiger partial charge in [-0.25, -0.2) is 9.37 Å². The summed E-state index contributed by atoms with van der Waals surface area (Å²) in [6.07, 6.45) is 0.671. The highest BCUT2D eigenvalue weighted by molar-refractivity contribution is 6.28. The summed E-state index contributed by atoms with van der Waals surface area (Å²) in [6, 6.07) is 0.717. The number of nitrogens with zero attached hydrogens (tertiary/aromatic N) is 3. The van der Waals surface area contributed by atoms with Crippen LogP contribution in [0.25, 0.3) is 0 Å². The van der Waals surface area contributed by atoms with Crippen molar-refractivity contribution in [1.82, 2.24) is 9.97 Å². The zero-order chi connectivity index (χ0) is 14.9. The lowest BCUT2D eigenvalue weighted by Gasteiger charge is -2.06. The molecule has 10 heteroatoms.